The van der Waals surface area contributed by atoms with Gasteiger partial charge in [-0.2, -0.15) is 0 Å². The molecule has 0 spiro atoms. The van der Waals surface area contributed by atoms with Crippen LogP contribution in [-0.4, -0.2) is 53.9 Å². The Balaban J connectivity index is 1.73. The van der Waals surface area contributed by atoms with E-state index >= 15 is 0 Å². The number of nitrogens with one attached hydrogen (secondary N) is 1. The monoisotopic (exact) mass is 293 g/mol. The van der Waals surface area contributed by atoms with Gasteiger partial charge < -0.3 is 15.2 Å². The Morgan fingerprint density at radius 1 is 1.38 bits per heavy atom. The summed E-state index contributed by atoms with van der Waals surface area (Å²) in [5.74, 6) is 0.955. The van der Waals surface area contributed by atoms with Crippen molar-refractivity contribution >= 4 is 5.82 Å². The van der Waals surface area contributed by atoms with Crippen LogP contribution < -0.4 is 5.32 Å². The summed E-state index contributed by atoms with van der Waals surface area (Å²) >= 11 is 0. The van der Waals surface area contributed by atoms with Crippen molar-refractivity contribution in [1.82, 2.24) is 9.88 Å². The molecule has 1 aliphatic heterocycles. The Labute approximate surface area is 127 Å². The summed E-state index contributed by atoms with van der Waals surface area (Å²) in [6, 6.07) is 4.21. The first kappa shape index (κ1) is 16.2. The van der Waals surface area contributed by atoms with Gasteiger partial charge >= 0.3 is 0 Å². The molecule has 2 N–H and O–H groups in total. The van der Waals surface area contributed by atoms with Crippen LogP contribution in [0.4, 0.5) is 5.82 Å². The van der Waals surface area contributed by atoms with Gasteiger partial charge in [-0.15, -0.1) is 0 Å². The van der Waals surface area contributed by atoms with Crippen molar-refractivity contribution in [2.45, 2.75) is 38.8 Å². The van der Waals surface area contributed by atoms with E-state index in [-0.39, 0.29) is 6.61 Å². The van der Waals surface area contributed by atoms with E-state index in [1.54, 1.807) is 0 Å². The fraction of sp³-hybridized carbons (Fsp3) is 0.688. The Morgan fingerprint density at radius 2 is 2.19 bits per heavy atom. The van der Waals surface area contributed by atoms with E-state index in [1.807, 2.05) is 6.20 Å². The summed E-state index contributed by atoms with van der Waals surface area (Å²) in [7, 11) is 0. The second-order valence-corrected chi connectivity index (χ2v) is 5.55. The molecular formula is C16H27N3O2. The van der Waals surface area contributed by atoms with Crippen LogP contribution in [0.3, 0.4) is 0 Å². The lowest BCUT2D eigenvalue weighted by Crippen LogP contribution is -2.36. The number of nitrogens with zero attached hydrogens (tertiary/aromatic N) is 2. The standard InChI is InChI=1S/C16H27N3O2/c1-2-7-17-16-4-3-14(12-18-16)13-19-8-5-15(6-9-19)21-11-10-20/h3-4,12,15,20H,2,5-11,13H2,1H3,(H,17,18). The van der Waals surface area contributed by atoms with E-state index in [9.17, 15) is 0 Å². The number of hydrogen-bond acceptors (Lipinski definition) is 5. The molecule has 0 unspecified atom stereocenters. The Kier molecular flexibility index (Phi) is 6.92. The quantitative estimate of drug-likeness (QED) is 0.766. The maximum atomic E-state index is 8.77. The summed E-state index contributed by atoms with van der Waals surface area (Å²) in [5, 5.41) is 12.1. The van der Waals surface area contributed by atoms with Gasteiger partial charge in [-0.1, -0.05) is 13.0 Å². The molecule has 0 bridgehead atoms. The molecule has 0 aliphatic carbocycles. The maximum absolute atomic E-state index is 8.77. The highest BCUT2D eigenvalue weighted by atomic mass is 16.5. The number of ether oxygens (including phenoxy) is 1. The van der Waals surface area contributed by atoms with E-state index in [4.69, 9.17) is 9.84 Å². The van der Waals surface area contributed by atoms with Crippen LogP contribution in [0.1, 0.15) is 31.7 Å². The average molecular weight is 293 g/mol. The molecule has 5 heteroatoms. The van der Waals surface area contributed by atoms with Crippen molar-refractivity contribution in [3.8, 4) is 0 Å². The Morgan fingerprint density at radius 3 is 2.81 bits per heavy atom. The summed E-state index contributed by atoms with van der Waals surface area (Å²) in [4.78, 5) is 6.89. The summed E-state index contributed by atoms with van der Waals surface area (Å²) in [5.41, 5.74) is 1.26. The van der Waals surface area contributed by atoms with Gasteiger partial charge in [-0.3, -0.25) is 4.90 Å². The van der Waals surface area contributed by atoms with Crippen LogP contribution >= 0.6 is 0 Å². The minimum absolute atomic E-state index is 0.115. The van der Waals surface area contributed by atoms with Crippen molar-refractivity contribution in [3.63, 3.8) is 0 Å². The second kappa shape index (κ2) is 8.97. The van der Waals surface area contributed by atoms with Crippen LogP contribution in [0.15, 0.2) is 18.3 Å². The molecule has 1 aliphatic rings. The highest BCUT2D eigenvalue weighted by molar-refractivity contribution is 5.35. The molecular weight excluding hydrogens is 266 g/mol. The third kappa shape index (κ3) is 5.61. The molecule has 1 aromatic heterocycles. The molecule has 2 rings (SSSR count). The molecule has 0 saturated carbocycles. The van der Waals surface area contributed by atoms with Gasteiger partial charge in [0.2, 0.25) is 0 Å². The first-order valence-corrected chi connectivity index (χ1v) is 7.95. The predicted molar refractivity (Wildman–Crippen MR) is 84.4 cm³/mol. The largest absolute Gasteiger partial charge is 0.394 e. The van der Waals surface area contributed by atoms with Crippen molar-refractivity contribution in [3.05, 3.63) is 23.9 Å². The van der Waals surface area contributed by atoms with Crippen LogP contribution in [0.25, 0.3) is 0 Å². The predicted octanol–water partition coefficient (Wildman–Crippen LogP) is 1.88. The van der Waals surface area contributed by atoms with Gasteiger partial charge in [0.1, 0.15) is 5.82 Å². The average Bonchev–Trinajstić information content (AvgIpc) is 2.53. The minimum atomic E-state index is 0.115. The highest BCUT2D eigenvalue weighted by Crippen LogP contribution is 2.16. The summed E-state index contributed by atoms with van der Waals surface area (Å²) in [6.45, 7) is 6.74. The molecule has 1 aromatic rings. The van der Waals surface area contributed by atoms with Gasteiger partial charge in [0.05, 0.1) is 19.3 Å². The number of pyridine rings is 1. The lowest BCUT2D eigenvalue weighted by molar-refractivity contribution is -0.00902. The van der Waals surface area contributed by atoms with Crippen LogP contribution in [0, 0.1) is 0 Å². The van der Waals surface area contributed by atoms with Crippen LogP contribution in [0.2, 0.25) is 0 Å². The molecule has 0 amide bonds. The molecule has 1 fully saturated rings. The number of anilines is 1. The molecule has 0 atom stereocenters. The maximum Gasteiger partial charge on any atom is 0.125 e. The second-order valence-electron chi connectivity index (χ2n) is 5.55. The molecule has 118 valence electrons. The SMILES string of the molecule is CCCNc1ccc(CN2CCC(OCCO)CC2)cn1. The molecule has 0 aromatic carbocycles. The fourth-order valence-corrected chi connectivity index (χ4v) is 2.59. The number of rotatable bonds is 8. The van der Waals surface area contributed by atoms with Crippen LogP contribution in [-0.2, 0) is 11.3 Å². The van der Waals surface area contributed by atoms with Gasteiger partial charge in [0.25, 0.3) is 0 Å². The zero-order valence-electron chi connectivity index (χ0n) is 12.9. The first-order valence-electron chi connectivity index (χ1n) is 7.95. The first-order chi connectivity index (χ1) is 10.3. The molecule has 0 radical (unpaired) electrons. The van der Waals surface area contributed by atoms with Gasteiger partial charge in [0, 0.05) is 32.4 Å². The van der Waals surface area contributed by atoms with E-state index in [0.29, 0.717) is 12.7 Å². The third-order valence-corrected chi connectivity index (χ3v) is 3.77. The van der Waals surface area contributed by atoms with E-state index in [0.717, 1.165) is 51.3 Å². The van der Waals surface area contributed by atoms with E-state index in [1.165, 1.54) is 5.56 Å². The Hall–Kier alpha value is -1.17. The van der Waals surface area contributed by atoms with Crippen molar-refractivity contribution in [1.29, 1.82) is 0 Å². The topological polar surface area (TPSA) is 57.6 Å². The number of piperidine rings is 1. The minimum Gasteiger partial charge on any atom is -0.394 e. The van der Waals surface area contributed by atoms with Crippen molar-refractivity contribution in [2.24, 2.45) is 0 Å². The van der Waals surface area contributed by atoms with Crippen LogP contribution in [0.5, 0.6) is 0 Å². The Bertz CT molecular complexity index is 389. The summed E-state index contributed by atoms with van der Waals surface area (Å²) in [6.07, 6.45) is 5.48. The number of aliphatic hydroxyl groups is 1. The molecule has 1 saturated heterocycles. The molecule has 5 nitrogen and oxygen atoms in total. The van der Waals surface area contributed by atoms with Gasteiger partial charge in [-0.25, -0.2) is 4.98 Å². The fourth-order valence-electron chi connectivity index (χ4n) is 2.59. The number of aromatic nitrogens is 1. The summed E-state index contributed by atoms with van der Waals surface area (Å²) < 4.78 is 5.59. The zero-order chi connectivity index (χ0) is 14.9. The van der Waals surface area contributed by atoms with E-state index < -0.39 is 0 Å². The smallest absolute Gasteiger partial charge is 0.125 e. The normalized spacial score (nSPS) is 17.0. The lowest BCUT2D eigenvalue weighted by atomic mass is 10.1. The number of aliphatic hydroxyl groups excluding tert-OH is 1. The molecule has 2 heterocycles. The molecule has 21 heavy (non-hydrogen) atoms. The van der Waals surface area contributed by atoms with Crippen molar-refractivity contribution < 1.29 is 9.84 Å². The lowest BCUT2D eigenvalue weighted by Gasteiger charge is -2.31. The number of likely N-dealkylation sites (tertiary alicyclic amines) is 1. The third-order valence-electron chi connectivity index (χ3n) is 3.77. The highest BCUT2D eigenvalue weighted by Gasteiger charge is 2.19. The van der Waals surface area contributed by atoms with Gasteiger partial charge in [-0.05, 0) is 30.9 Å². The number of hydrogen-bond donors (Lipinski definition) is 2. The zero-order valence-corrected chi connectivity index (χ0v) is 12.9. The van der Waals surface area contributed by atoms with E-state index in [2.05, 4.69) is 34.3 Å². The van der Waals surface area contributed by atoms with Gasteiger partial charge in [0.15, 0.2) is 0 Å². The van der Waals surface area contributed by atoms with Crippen molar-refractivity contribution in [2.75, 3.05) is 38.2 Å².